The van der Waals surface area contributed by atoms with Gasteiger partial charge >= 0.3 is 13.6 Å². The topological polar surface area (TPSA) is 144 Å². The molecule has 12 heteroatoms. The summed E-state index contributed by atoms with van der Waals surface area (Å²) in [5.41, 5.74) is 2.84. The summed E-state index contributed by atoms with van der Waals surface area (Å²) in [5, 5.41) is 5.75. The van der Waals surface area contributed by atoms with E-state index in [0.717, 1.165) is 18.4 Å². The molecule has 0 radical (unpaired) electrons. The second kappa shape index (κ2) is 9.26. The lowest BCUT2D eigenvalue weighted by molar-refractivity contribution is -0.140. The van der Waals surface area contributed by atoms with E-state index < -0.39 is 44.6 Å². The molecule has 1 aromatic heterocycles. The van der Waals surface area contributed by atoms with Crippen molar-refractivity contribution >= 4 is 30.3 Å². The summed E-state index contributed by atoms with van der Waals surface area (Å²) in [6, 6.07) is 15.1. The Morgan fingerprint density at radius 1 is 1.06 bits per heavy atom. The first-order valence-electron chi connectivity index (χ1n) is 11.9. The number of para-hydroxylation sites is 1. The fourth-order valence-electron chi connectivity index (χ4n) is 4.84. The van der Waals surface area contributed by atoms with Crippen LogP contribution in [0.5, 0.6) is 0 Å². The van der Waals surface area contributed by atoms with E-state index in [1.54, 1.807) is 23.0 Å². The smallest absolute Gasteiger partial charge is 0.328 e. The van der Waals surface area contributed by atoms with E-state index in [-0.39, 0.29) is 12.1 Å². The number of hydrogen-bond acceptors (Lipinski definition) is 6. The molecule has 3 fully saturated rings. The minimum atomic E-state index is -4.37. The van der Waals surface area contributed by atoms with Crippen LogP contribution >= 0.6 is 7.60 Å². The monoisotopic (exact) mass is 514 g/mol. The van der Waals surface area contributed by atoms with Crippen LogP contribution in [0.15, 0.2) is 54.9 Å². The van der Waals surface area contributed by atoms with E-state index in [0.29, 0.717) is 23.1 Å². The van der Waals surface area contributed by atoms with Crippen LogP contribution in [0.3, 0.4) is 0 Å². The number of urea groups is 1. The number of amides is 2. The molecule has 0 spiro atoms. The molecular weight excluding hydrogens is 487 g/mol. The van der Waals surface area contributed by atoms with Gasteiger partial charge in [-0.05, 0) is 30.5 Å². The lowest BCUT2D eigenvalue weighted by Gasteiger charge is -2.22. The van der Waals surface area contributed by atoms with Crippen molar-refractivity contribution in [3.63, 3.8) is 0 Å². The molecule has 2 amide bonds. The fourth-order valence-corrected chi connectivity index (χ4v) is 5.60. The maximum absolute atomic E-state index is 12.3. The lowest BCUT2D eigenvalue weighted by atomic mass is 10.1. The first-order valence-corrected chi connectivity index (χ1v) is 13.7. The minimum Gasteiger partial charge on any atom is -0.348 e. The minimum absolute atomic E-state index is 0.222. The predicted octanol–water partition coefficient (Wildman–Crippen LogP) is 2.75. The zero-order chi connectivity index (χ0) is 24.9. The highest BCUT2D eigenvalue weighted by Crippen LogP contribution is 2.46. The summed E-state index contributed by atoms with van der Waals surface area (Å²) >= 11 is 0. The van der Waals surface area contributed by atoms with Crippen LogP contribution in [0.4, 0.5) is 10.5 Å². The number of nitrogens with one attached hydrogen (secondary N) is 2. The van der Waals surface area contributed by atoms with Gasteiger partial charge in [0.15, 0.2) is 12.5 Å². The number of imidazole rings is 1. The number of rotatable bonds is 7. The van der Waals surface area contributed by atoms with Gasteiger partial charge in [0.1, 0.15) is 23.8 Å². The number of fused-ring (bicyclic) bond motifs is 2. The van der Waals surface area contributed by atoms with Crippen LogP contribution in [-0.4, -0.2) is 62.2 Å². The third-order valence-corrected chi connectivity index (χ3v) is 7.44. The van der Waals surface area contributed by atoms with Gasteiger partial charge in [0.05, 0.1) is 23.7 Å². The molecule has 0 bridgehead atoms. The number of hydrogen-bond donors (Lipinski definition) is 4. The van der Waals surface area contributed by atoms with E-state index >= 15 is 0 Å². The van der Waals surface area contributed by atoms with Crippen LogP contribution in [0.25, 0.3) is 11.0 Å². The van der Waals surface area contributed by atoms with Crippen molar-refractivity contribution in [1.29, 1.82) is 0 Å². The van der Waals surface area contributed by atoms with Crippen molar-refractivity contribution < 1.29 is 33.4 Å². The zero-order valence-electron chi connectivity index (χ0n) is 19.3. The molecule has 2 aromatic carbocycles. The molecule has 6 rings (SSSR count). The number of aromatic nitrogens is 2. The standard InChI is InChI=1S/C24H27N4O7P/c29-24(26-15-9-10-15)27-16-7-4-8-17-20(16)25-13-28(17)23-22-21(18(33-23)12-36(30,31)32)34-19(35-22)11-14-5-2-1-3-6-14/h1-8,13,15,18-19,21-23H,9-12H2,(H2,26,27,29)(H2,30,31,32)/t18-,19?,21?,22?,23-/m1/s1. The lowest BCUT2D eigenvalue weighted by Crippen LogP contribution is -2.31. The molecule has 4 N–H and O–H groups in total. The van der Waals surface area contributed by atoms with E-state index in [4.69, 9.17) is 14.2 Å². The molecule has 1 aliphatic carbocycles. The molecule has 3 aliphatic rings. The van der Waals surface area contributed by atoms with E-state index in [9.17, 15) is 19.1 Å². The van der Waals surface area contributed by atoms with Gasteiger partial charge in [0.2, 0.25) is 0 Å². The molecule has 3 heterocycles. The van der Waals surface area contributed by atoms with Gasteiger partial charge in [0, 0.05) is 12.5 Å². The number of carbonyl (C=O) groups excluding carboxylic acids is 1. The maximum atomic E-state index is 12.3. The quantitative estimate of drug-likeness (QED) is 0.353. The Kier molecular flexibility index (Phi) is 6.07. The van der Waals surface area contributed by atoms with Gasteiger partial charge < -0.3 is 39.2 Å². The molecule has 190 valence electrons. The van der Waals surface area contributed by atoms with Crippen molar-refractivity contribution in [1.82, 2.24) is 14.9 Å². The van der Waals surface area contributed by atoms with Crippen molar-refractivity contribution in [3.05, 3.63) is 60.4 Å². The molecule has 2 aliphatic heterocycles. The Balaban J connectivity index is 1.27. The second-order valence-electron chi connectivity index (χ2n) is 9.43. The summed E-state index contributed by atoms with van der Waals surface area (Å²) < 4.78 is 32.1. The number of ether oxygens (including phenoxy) is 3. The number of nitrogens with zero attached hydrogens (tertiary/aromatic N) is 2. The highest BCUT2D eigenvalue weighted by molar-refractivity contribution is 7.51. The van der Waals surface area contributed by atoms with Gasteiger partial charge in [-0.25, -0.2) is 9.78 Å². The third-order valence-electron chi connectivity index (χ3n) is 6.61. The Labute approximate surface area is 206 Å². The van der Waals surface area contributed by atoms with Gasteiger partial charge in [-0.15, -0.1) is 0 Å². The van der Waals surface area contributed by atoms with Crippen molar-refractivity contribution in [2.75, 3.05) is 11.5 Å². The number of benzene rings is 2. The molecule has 11 nitrogen and oxygen atoms in total. The van der Waals surface area contributed by atoms with Crippen molar-refractivity contribution in [2.45, 2.75) is 56.1 Å². The fraction of sp³-hybridized carbons (Fsp3) is 0.417. The zero-order valence-corrected chi connectivity index (χ0v) is 20.2. The summed E-state index contributed by atoms with van der Waals surface area (Å²) in [6.07, 6.45) is 0.175. The average molecular weight is 514 g/mol. The number of carbonyl (C=O) groups is 1. The molecule has 36 heavy (non-hydrogen) atoms. The first kappa shape index (κ1) is 23.6. The van der Waals surface area contributed by atoms with Gasteiger partial charge in [0.25, 0.3) is 0 Å². The van der Waals surface area contributed by atoms with Crippen LogP contribution in [0.2, 0.25) is 0 Å². The molecule has 1 saturated carbocycles. The Morgan fingerprint density at radius 3 is 2.58 bits per heavy atom. The highest BCUT2D eigenvalue weighted by atomic mass is 31.2. The van der Waals surface area contributed by atoms with Gasteiger partial charge in [-0.3, -0.25) is 4.57 Å². The Hall–Kier alpha value is -2.79. The summed E-state index contributed by atoms with van der Waals surface area (Å²) in [7, 11) is -4.37. The van der Waals surface area contributed by atoms with E-state index in [1.165, 1.54) is 0 Å². The van der Waals surface area contributed by atoms with Crippen LogP contribution < -0.4 is 10.6 Å². The summed E-state index contributed by atoms with van der Waals surface area (Å²) in [4.78, 5) is 36.1. The molecular formula is C24H27N4O7P. The largest absolute Gasteiger partial charge is 0.348 e. The molecule has 5 atom stereocenters. The van der Waals surface area contributed by atoms with Crippen molar-refractivity contribution in [2.24, 2.45) is 0 Å². The average Bonchev–Trinajstić information content (AvgIpc) is 3.24. The molecule has 3 aromatic rings. The van der Waals surface area contributed by atoms with E-state index in [2.05, 4.69) is 15.6 Å². The Morgan fingerprint density at radius 2 is 1.83 bits per heavy atom. The number of anilines is 1. The SMILES string of the molecule is O=C(Nc1cccc2c1ncn2[C@@H]1O[C@H](CP(=O)(O)O)C2OC(Cc3ccccc3)OC21)NC1CC1. The normalized spacial score (nSPS) is 27.8. The predicted molar refractivity (Wildman–Crippen MR) is 129 cm³/mol. The second-order valence-corrected chi connectivity index (χ2v) is 11.1. The van der Waals surface area contributed by atoms with Gasteiger partial charge in [-0.2, -0.15) is 0 Å². The van der Waals surface area contributed by atoms with Crippen LogP contribution in [0.1, 0.15) is 24.6 Å². The van der Waals surface area contributed by atoms with Crippen LogP contribution in [-0.2, 0) is 25.2 Å². The highest BCUT2D eigenvalue weighted by Gasteiger charge is 2.54. The van der Waals surface area contributed by atoms with Crippen LogP contribution in [0, 0.1) is 0 Å². The summed E-state index contributed by atoms with van der Waals surface area (Å²) in [5.74, 6) is 0. The van der Waals surface area contributed by atoms with Gasteiger partial charge in [-0.1, -0.05) is 36.4 Å². The maximum Gasteiger partial charge on any atom is 0.328 e. The first-order chi connectivity index (χ1) is 17.3. The third kappa shape index (κ3) is 4.90. The summed E-state index contributed by atoms with van der Waals surface area (Å²) in [6.45, 7) is 0. The molecule has 3 unspecified atom stereocenters. The van der Waals surface area contributed by atoms with Crippen molar-refractivity contribution in [3.8, 4) is 0 Å². The molecule has 2 saturated heterocycles. The Bertz CT molecular complexity index is 1310. The van der Waals surface area contributed by atoms with E-state index in [1.807, 2.05) is 36.4 Å².